The quantitative estimate of drug-likeness (QED) is 0.820. The molecule has 5 heteroatoms. The van der Waals surface area contributed by atoms with Crippen molar-refractivity contribution >= 4 is 6.09 Å². The normalized spacial score (nSPS) is 15.9. The van der Waals surface area contributed by atoms with Crippen molar-refractivity contribution in [3.8, 4) is 0 Å². The van der Waals surface area contributed by atoms with Gasteiger partial charge in [-0.25, -0.2) is 4.79 Å². The van der Waals surface area contributed by atoms with Crippen molar-refractivity contribution in [1.82, 2.24) is 5.32 Å². The van der Waals surface area contributed by atoms with Gasteiger partial charge in [0.2, 0.25) is 0 Å². The summed E-state index contributed by atoms with van der Waals surface area (Å²) in [6.45, 7) is 8.81. The number of aliphatic hydroxyl groups is 1. The fourth-order valence-electron chi connectivity index (χ4n) is 1.57. The predicted molar refractivity (Wildman–Crippen MR) is 80.7 cm³/mol. The van der Waals surface area contributed by atoms with Crippen LogP contribution in [0.15, 0.2) is 30.3 Å². The second-order valence-electron chi connectivity index (χ2n) is 6.21. The van der Waals surface area contributed by atoms with Gasteiger partial charge in [-0.2, -0.15) is 0 Å². The van der Waals surface area contributed by atoms with Crippen LogP contribution in [0.3, 0.4) is 0 Å². The summed E-state index contributed by atoms with van der Waals surface area (Å²) in [5, 5.41) is 12.7. The average Bonchev–Trinajstić information content (AvgIpc) is 2.34. The van der Waals surface area contributed by atoms with Crippen LogP contribution in [0.2, 0.25) is 0 Å². The standard InChI is InChI=1S/C16H25NO4/c1-12(20-11-13-9-7-6-8-10-13)16(5,19)17-14(18)21-15(2,3)4/h6-10,12,19H,11H2,1-5H3,(H,17,18)/t12-,16-/m1/s1. The predicted octanol–water partition coefficient (Wildman–Crippen LogP) is 2.82. The summed E-state index contributed by atoms with van der Waals surface area (Å²) in [7, 11) is 0. The molecule has 1 aromatic carbocycles. The summed E-state index contributed by atoms with van der Waals surface area (Å²) in [5.41, 5.74) is -1.14. The van der Waals surface area contributed by atoms with E-state index >= 15 is 0 Å². The first kappa shape index (κ1) is 17.5. The Hall–Kier alpha value is -1.59. The van der Waals surface area contributed by atoms with Gasteiger partial charge in [-0.05, 0) is 40.2 Å². The molecule has 2 atom stereocenters. The molecule has 0 aliphatic carbocycles. The van der Waals surface area contributed by atoms with E-state index in [1.807, 2.05) is 30.3 Å². The number of alkyl carbamates (subject to hydrolysis) is 1. The van der Waals surface area contributed by atoms with E-state index in [2.05, 4.69) is 5.32 Å². The second-order valence-corrected chi connectivity index (χ2v) is 6.21. The highest BCUT2D eigenvalue weighted by Crippen LogP contribution is 2.14. The largest absolute Gasteiger partial charge is 0.444 e. The molecule has 1 aromatic rings. The zero-order valence-corrected chi connectivity index (χ0v) is 13.3. The van der Waals surface area contributed by atoms with Gasteiger partial charge >= 0.3 is 6.09 Å². The number of hydrogen-bond acceptors (Lipinski definition) is 4. The van der Waals surface area contributed by atoms with Gasteiger partial charge < -0.3 is 14.6 Å². The molecule has 0 saturated carbocycles. The zero-order chi connectivity index (χ0) is 16.1. The van der Waals surface area contributed by atoms with Crippen LogP contribution in [-0.2, 0) is 16.1 Å². The first-order valence-electron chi connectivity index (χ1n) is 6.99. The Morgan fingerprint density at radius 3 is 2.33 bits per heavy atom. The number of carbonyl (C=O) groups is 1. The highest BCUT2D eigenvalue weighted by Gasteiger charge is 2.32. The van der Waals surface area contributed by atoms with Crippen LogP contribution in [0.1, 0.15) is 40.2 Å². The van der Waals surface area contributed by atoms with Crippen LogP contribution in [-0.4, -0.2) is 28.6 Å². The Morgan fingerprint density at radius 2 is 1.81 bits per heavy atom. The fraction of sp³-hybridized carbons (Fsp3) is 0.562. The van der Waals surface area contributed by atoms with Gasteiger partial charge in [0, 0.05) is 0 Å². The third kappa shape index (κ3) is 6.60. The average molecular weight is 295 g/mol. The van der Waals surface area contributed by atoms with E-state index in [-0.39, 0.29) is 0 Å². The lowest BCUT2D eigenvalue weighted by atomic mass is 10.1. The van der Waals surface area contributed by atoms with E-state index in [1.165, 1.54) is 6.92 Å². The number of ether oxygens (including phenoxy) is 2. The molecule has 2 N–H and O–H groups in total. The van der Waals surface area contributed by atoms with Gasteiger partial charge in [0.05, 0.1) is 6.61 Å². The minimum atomic E-state index is -1.52. The molecule has 0 aromatic heterocycles. The molecule has 0 aliphatic rings. The van der Waals surface area contributed by atoms with Crippen LogP contribution in [0.4, 0.5) is 4.79 Å². The van der Waals surface area contributed by atoms with Gasteiger partial charge in [-0.15, -0.1) is 0 Å². The first-order chi connectivity index (χ1) is 9.60. The number of benzene rings is 1. The van der Waals surface area contributed by atoms with Crippen LogP contribution >= 0.6 is 0 Å². The maximum atomic E-state index is 11.7. The Labute approximate surface area is 126 Å². The molecule has 5 nitrogen and oxygen atoms in total. The van der Waals surface area contributed by atoms with Crippen molar-refractivity contribution in [1.29, 1.82) is 0 Å². The van der Waals surface area contributed by atoms with E-state index in [9.17, 15) is 9.90 Å². The lowest BCUT2D eigenvalue weighted by Gasteiger charge is -2.32. The third-order valence-corrected chi connectivity index (χ3v) is 2.89. The second kappa shape index (κ2) is 6.91. The lowest BCUT2D eigenvalue weighted by molar-refractivity contribution is -0.113. The maximum Gasteiger partial charge on any atom is 0.409 e. The summed E-state index contributed by atoms with van der Waals surface area (Å²) < 4.78 is 10.7. The lowest BCUT2D eigenvalue weighted by Crippen LogP contribution is -2.55. The summed E-state index contributed by atoms with van der Waals surface area (Å²) in [6, 6.07) is 9.62. The van der Waals surface area contributed by atoms with Crippen molar-refractivity contribution in [2.24, 2.45) is 0 Å². The highest BCUT2D eigenvalue weighted by atomic mass is 16.6. The third-order valence-electron chi connectivity index (χ3n) is 2.89. The van der Waals surface area contributed by atoms with Crippen molar-refractivity contribution in [2.45, 2.75) is 58.7 Å². The number of carbonyl (C=O) groups excluding carboxylic acids is 1. The smallest absolute Gasteiger partial charge is 0.409 e. The fourth-order valence-corrected chi connectivity index (χ4v) is 1.57. The van der Waals surface area contributed by atoms with Crippen LogP contribution in [0.5, 0.6) is 0 Å². The zero-order valence-electron chi connectivity index (χ0n) is 13.3. The van der Waals surface area contributed by atoms with Crippen molar-refractivity contribution < 1.29 is 19.4 Å². The Balaban J connectivity index is 2.51. The first-order valence-corrected chi connectivity index (χ1v) is 6.99. The monoisotopic (exact) mass is 295 g/mol. The molecule has 1 amide bonds. The van der Waals surface area contributed by atoms with Crippen LogP contribution < -0.4 is 5.32 Å². The van der Waals surface area contributed by atoms with Crippen LogP contribution in [0.25, 0.3) is 0 Å². The molecule has 0 aliphatic heterocycles. The Kier molecular flexibility index (Phi) is 5.75. The minimum absolute atomic E-state index is 0.355. The molecule has 0 saturated heterocycles. The number of amides is 1. The molecular weight excluding hydrogens is 270 g/mol. The molecule has 118 valence electrons. The molecule has 0 heterocycles. The SMILES string of the molecule is C[C@@H](OCc1ccccc1)[C@@](C)(O)NC(=O)OC(C)(C)C. The molecule has 0 spiro atoms. The molecule has 0 fully saturated rings. The van der Waals surface area contributed by atoms with Crippen molar-refractivity contribution in [2.75, 3.05) is 0 Å². The molecule has 21 heavy (non-hydrogen) atoms. The van der Waals surface area contributed by atoms with E-state index < -0.39 is 23.5 Å². The van der Waals surface area contributed by atoms with Gasteiger partial charge in [0.1, 0.15) is 11.7 Å². The van der Waals surface area contributed by atoms with Crippen molar-refractivity contribution in [3.63, 3.8) is 0 Å². The Morgan fingerprint density at radius 1 is 1.24 bits per heavy atom. The van der Waals surface area contributed by atoms with Gasteiger partial charge in [0.25, 0.3) is 0 Å². The van der Waals surface area contributed by atoms with E-state index in [0.29, 0.717) is 6.61 Å². The van der Waals surface area contributed by atoms with E-state index in [0.717, 1.165) is 5.56 Å². The van der Waals surface area contributed by atoms with Gasteiger partial charge in [-0.3, -0.25) is 5.32 Å². The number of nitrogens with one attached hydrogen (secondary N) is 1. The summed E-state index contributed by atoms with van der Waals surface area (Å²) in [4.78, 5) is 11.7. The highest BCUT2D eigenvalue weighted by molar-refractivity contribution is 5.68. The van der Waals surface area contributed by atoms with Crippen LogP contribution in [0, 0.1) is 0 Å². The number of hydrogen-bond donors (Lipinski definition) is 2. The van der Waals surface area contributed by atoms with E-state index in [4.69, 9.17) is 9.47 Å². The molecule has 0 radical (unpaired) electrons. The number of rotatable bonds is 5. The Bertz CT molecular complexity index is 451. The maximum absolute atomic E-state index is 11.7. The van der Waals surface area contributed by atoms with Gasteiger partial charge in [0.15, 0.2) is 5.72 Å². The summed E-state index contributed by atoms with van der Waals surface area (Å²) in [5.74, 6) is 0. The molecule has 0 unspecified atom stereocenters. The van der Waals surface area contributed by atoms with Gasteiger partial charge in [-0.1, -0.05) is 30.3 Å². The minimum Gasteiger partial charge on any atom is -0.444 e. The van der Waals surface area contributed by atoms with E-state index in [1.54, 1.807) is 27.7 Å². The molecule has 1 rings (SSSR count). The summed E-state index contributed by atoms with van der Waals surface area (Å²) >= 11 is 0. The topological polar surface area (TPSA) is 67.8 Å². The summed E-state index contributed by atoms with van der Waals surface area (Å²) in [6.07, 6.45) is -1.27. The molecule has 0 bridgehead atoms. The van der Waals surface area contributed by atoms with Crippen molar-refractivity contribution in [3.05, 3.63) is 35.9 Å². The molecular formula is C16H25NO4.